The highest BCUT2D eigenvalue weighted by Gasteiger charge is 2.20. The van der Waals surface area contributed by atoms with Crippen molar-refractivity contribution in [3.8, 4) is 11.5 Å². The molecule has 19 heavy (non-hydrogen) atoms. The maximum Gasteiger partial charge on any atom is 0.161 e. The van der Waals surface area contributed by atoms with Gasteiger partial charge in [0.15, 0.2) is 11.5 Å². The number of fused-ring (bicyclic) bond motifs is 1. The lowest BCUT2D eigenvalue weighted by molar-refractivity contribution is 0.170. The highest BCUT2D eigenvalue weighted by atomic mass is 16.6. The lowest BCUT2D eigenvalue weighted by Gasteiger charge is -2.28. The van der Waals surface area contributed by atoms with Crippen LogP contribution in [0.3, 0.4) is 0 Å². The van der Waals surface area contributed by atoms with Crippen LogP contribution in [0.4, 0.5) is 0 Å². The number of nitrogens with zero attached hydrogens (tertiary/aromatic N) is 1. The van der Waals surface area contributed by atoms with Gasteiger partial charge in [0.1, 0.15) is 13.2 Å². The predicted octanol–water partition coefficient (Wildman–Crippen LogP) is 2.05. The van der Waals surface area contributed by atoms with E-state index in [4.69, 9.17) is 15.2 Å². The molecule has 2 unspecified atom stereocenters. The van der Waals surface area contributed by atoms with Gasteiger partial charge in [-0.05, 0) is 50.7 Å². The lowest BCUT2D eigenvalue weighted by Crippen LogP contribution is -2.25. The van der Waals surface area contributed by atoms with Crippen molar-refractivity contribution in [2.24, 2.45) is 11.7 Å². The highest BCUT2D eigenvalue weighted by Crippen LogP contribution is 2.35. The monoisotopic (exact) mass is 264 g/mol. The summed E-state index contributed by atoms with van der Waals surface area (Å²) in [6.07, 6.45) is 1.04. The van der Waals surface area contributed by atoms with Crippen LogP contribution in [0.15, 0.2) is 18.2 Å². The van der Waals surface area contributed by atoms with E-state index < -0.39 is 0 Å². The minimum absolute atomic E-state index is 0.356. The molecular weight excluding hydrogens is 240 g/mol. The van der Waals surface area contributed by atoms with Crippen LogP contribution in [0.5, 0.6) is 11.5 Å². The Morgan fingerprint density at radius 2 is 1.89 bits per heavy atom. The molecule has 0 saturated carbocycles. The van der Waals surface area contributed by atoms with E-state index in [0.29, 0.717) is 25.2 Å². The van der Waals surface area contributed by atoms with Crippen LogP contribution in [0, 0.1) is 5.92 Å². The number of hydrogen-bond acceptors (Lipinski definition) is 4. The Balaban J connectivity index is 2.21. The summed E-state index contributed by atoms with van der Waals surface area (Å²) in [6.45, 7) is 4.17. The molecule has 2 N–H and O–H groups in total. The number of rotatable bonds is 5. The first kappa shape index (κ1) is 14.2. The summed E-state index contributed by atoms with van der Waals surface area (Å²) in [5.41, 5.74) is 7.01. The summed E-state index contributed by atoms with van der Waals surface area (Å²) in [5, 5.41) is 0. The van der Waals surface area contributed by atoms with Gasteiger partial charge in [0.2, 0.25) is 0 Å². The third kappa shape index (κ3) is 3.39. The molecule has 1 aliphatic rings. The first-order valence-corrected chi connectivity index (χ1v) is 6.88. The average Bonchev–Trinajstić information content (AvgIpc) is 2.43. The average molecular weight is 264 g/mol. The summed E-state index contributed by atoms with van der Waals surface area (Å²) in [4.78, 5) is 2.23. The Morgan fingerprint density at radius 1 is 1.21 bits per heavy atom. The molecule has 0 bridgehead atoms. The minimum Gasteiger partial charge on any atom is -0.486 e. The molecule has 0 amide bonds. The van der Waals surface area contributed by atoms with Crippen LogP contribution in [0.2, 0.25) is 0 Å². The van der Waals surface area contributed by atoms with Gasteiger partial charge in [-0.15, -0.1) is 0 Å². The second-order valence-corrected chi connectivity index (χ2v) is 5.46. The SMILES string of the molecule is CC(CN)CC(c1ccc2c(c1)OCCO2)N(C)C. The summed E-state index contributed by atoms with van der Waals surface area (Å²) < 4.78 is 11.2. The predicted molar refractivity (Wildman–Crippen MR) is 76.7 cm³/mol. The molecule has 4 nitrogen and oxygen atoms in total. The van der Waals surface area contributed by atoms with Gasteiger partial charge >= 0.3 is 0 Å². The van der Waals surface area contributed by atoms with Crippen LogP contribution in [-0.4, -0.2) is 38.8 Å². The van der Waals surface area contributed by atoms with Gasteiger partial charge in [0.25, 0.3) is 0 Å². The van der Waals surface area contributed by atoms with Crippen LogP contribution in [-0.2, 0) is 0 Å². The van der Waals surface area contributed by atoms with E-state index in [9.17, 15) is 0 Å². The highest BCUT2D eigenvalue weighted by molar-refractivity contribution is 5.44. The molecule has 2 atom stereocenters. The molecule has 0 spiro atoms. The maximum absolute atomic E-state index is 5.75. The molecule has 1 heterocycles. The van der Waals surface area contributed by atoms with Crippen molar-refractivity contribution in [2.75, 3.05) is 33.9 Å². The molecule has 1 aromatic rings. The number of benzene rings is 1. The summed E-state index contributed by atoms with van der Waals surface area (Å²) in [6, 6.07) is 6.59. The van der Waals surface area contributed by atoms with Gasteiger partial charge in [0.05, 0.1) is 0 Å². The maximum atomic E-state index is 5.75. The molecule has 0 aromatic heterocycles. The largest absolute Gasteiger partial charge is 0.486 e. The van der Waals surface area contributed by atoms with Gasteiger partial charge in [-0.2, -0.15) is 0 Å². The molecule has 0 saturated heterocycles. The Hall–Kier alpha value is -1.26. The topological polar surface area (TPSA) is 47.7 Å². The van der Waals surface area contributed by atoms with Crippen molar-refractivity contribution in [2.45, 2.75) is 19.4 Å². The Labute approximate surface area is 115 Å². The van der Waals surface area contributed by atoms with E-state index in [0.717, 1.165) is 24.5 Å². The second-order valence-electron chi connectivity index (χ2n) is 5.46. The third-order valence-electron chi connectivity index (χ3n) is 3.60. The van der Waals surface area contributed by atoms with E-state index in [1.807, 2.05) is 6.07 Å². The fraction of sp³-hybridized carbons (Fsp3) is 0.600. The zero-order valence-corrected chi connectivity index (χ0v) is 12.1. The normalized spacial score (nSPS) is 17.3. The van der Waals surface area contributed by atoms with E-state index in [2.05, 4.69) is 38.1 Å². The number of hydrogen-bond donors (Lipinski definition) is 1. The van der Waals surface area contributed by atoms with E-state index >= 15 is 0 Å². The van der Waals surface area contributed by atoms with Crippen LogP contribution >= 0.6 is 0 Å². The van der Waals surface area contributed by atoms with Gasteiger partial charge in [-0.1, -0.05) is 13.0 Å². The van der Waals surface area contributed by atoms with Gasteiger partial charge < -0.3 is 20.1 Å². The Morgan fingerprint density at radius 3 is 2.53 bits per heavy atom. The van der Waals surface area contributed by atoms with E-state index in [-0.39, 0.29) is 0 Å². The molecule has 106 valence electrons. The summed E-state index contributed by atoms with van der Waals surface area (Å²) in [5.74, 6) is 2.20. The summed E-state index contributed by atoms with van der Waals surface area (Å²) in [7, 11) is 4.20. The number of ether oxygens (including phenoxy) is 2. The van der Waals surface area contributed by atoms with Crippen molar-refractivity contribution < 1.29 is 9.47 Å². The molecule has 0 fully saturated rings. The van der Waals surface area contributed by atoms with Gasteiger partial charge in [-0.25, -0.2) is 0 Å². The van der Waals surface area contributed by atoms with Crippen LogP contribution in [0.25, 0.3) is 0 Å². The van der Waals surface area contributed by atoms with Crippen molar-refractivity contribution in [1.29, 1.82) is 0 Å². The minimum atomic E-state index is 0.356. The molecule has 0 aliphatic carbocycles. The third-order valence-corrected chi connectivity index (χ3v) is 3.60. The van der Waals surface area contributed by atoms with Crippen molar-refractivity contribution >= 4 is 0 Å². The zero-order chi connectivity index (χ0) is 13.8. The first-order chi connectivity index (χ1) is 9.11. The smallest absolute Gasteiger partial charge is 0.161 e. The standard InChI is InChI=1S/C15H24N2O2/c1-11(10-16)8-13(17(2)3)12-4-5-14-15(9-12)19-7-6-18-14/h4-5,9,11,13H,6-8,10,16H2,1-3H3. The van der Waals surface area contributed by atoms with Gasteiger partial charge in [-0.3, -0.25) is 0 Å². The molecular formula is C15H24N2O2. The molecule has 1 aromatic carbocycles. The van der Waals surface area contributed by atoms with Gasteiger partial charge in [0, 0.05) is 6.04 Å². The van der Waals surface area contributed by atoms with Crippen LogP contribution in [0.1, 0.15) is 24.9 Å². The molecule has 1 aliphatic heterocycles. The van der Waals surface area contributed by atoms with Crippen LogP contribution < -0.4 is 15.2 Å². The van der Waals surface area contributed by atoms with E-state index in [1.54, 1.807) is 0 Å². The lowest BCUT2D eigenvalue weighted by atomic mass is 9.95. The van der Waals surface area contributed by atoms with Crippen molar-refractivity contribution in [3.05, 3.63) is 23.8 Å². The quantitative estimate of drug-likeness (QED) is 0.884. The zero-order valence-electron chi connectivity index (χ0n) is 12.1. The summed E-state index contributed by atoms with van der Waals surface area (Å²) >= 11 is 0. The van der Waals surface area contributed by atoms with Crippen molar-refractivity contribution in [3.63, 3.8) is 0 Å². The molecule has 2 rings (SSSR count). The van der Waals surface area contributed by atoms with E-state index in [1.165, 1.54) is 5.56 Å². The first-order valence-electron chi connectivity index (χ1n) is 6.88. The second kappa shape index (κ2) is 6.26. The van der Waals surface area contributed by atoms with Crippen molar-refractivity contribution in [1.82, 2.24) is 4.90 Å². The fourth-order valence-electron chi connectivity index (χ4n) is 2.39. The Kier molecular flexibility index (Phi) is 4.66. The number of nitrogens with two attached hydrogens (primary N) is 1. The Bertz CT molecular complexity index is 421. The molecule has 4 heteroatoms. The fourth-order valence-corrected chi connectivity index (χ4v) is 2.39. The molecule has 0 radical (unpaired) electrons.